The summed E-state index contributed by atoms with van der Waals surface area (Å²) in [6.45, 7) is 1.41. The molecule has 2 rings (SSSR count). The number of anilines is 1. The van der Waals surface area contributed by atoms with Crippen LogP contribution < -0.4 is 10.1 Å². The van der Waals surface area contributed by atoms with Crippen molar-refractivity contribution in [1.82, 2.24) is 0 Å². The molecule has 7 heteroatoms. The normalized spacial score (nSPS) is 10.2. The number of hydrogen-bond donors (Lipinski definition) is 1. The molecule has 0 heterocycles. The molecule has 0 unspecified atom stereocenters. The van der Waals surface area contributed by atoms with Gasteiger partial charge in [-0.05, 0) is 42.8 Å². The first-order chi connectivity index (χ1) is 11.4. The summed E-state index contributed by atoms with van der Waals surface area (Å²) < 4.78 is 10.1. The molecule has 0 fully saturated rings. The zero-order chi connectivity index (χ0) is 17.7. The van der Waals surface area contributed by atoms with Crippen LogP contribution in [0.5, 0.6) is 5.75 Å². The third kappa shape index (κ3) is 4.63. The molecule has 0 aliphatic rings. The third-order valence-corrected chi connectivity index (χ3v) is 3.75. The molecule has 0 saturated heterocycles. The lowest BCUT2D eigenvalue weighted by atomic mass is 10.1. The molecule has 0 aromatic heterocycles. The standard InChI is InChI=1S/C17H15Cl2NO4/c1-10-3-4-11(7-15(10)23-2)17(22)24-9-16(21)20-14-8-12(18)5-6-13(14)19/h3-8H,9H2,1-2H3,(H,20,21). The number of carbonyl (C=O) groups is 2. The average Bonchev–Trinajstić information content (AvgIpc) is 2.56. The van der Waals surface area contributed by atoms with E-state index in [0.29, 0.717) is 27.0 Å². The van der Waals surface area contributed by atoms with Gasteiger partial charge in [0.1, 0.15) is 5.75 Å². The highest BCUT2D eigenvalue weighted by atomic mass is 35.5. The number of rotatable bonds is 5. The number of ether oxygens (including phenoxy) is 2. The van der Waals surface area contributed by atoms with Crippen LogP contribution in [0.3, 0.4) is 0 Å². The van der Waals surface area contributed by atoms with Crippen molar-refractivity contribution in [3.05, 3.63) is 57.6 Å². The first-order valence-corrected chi connectivity index (χ1v) is 7.73. The van der Waals surface area contributed by atoms with E-state index in [0.717, 1.165) is 5.56 Å². The zero-order valence-electron chi connectivity index (χ0n) is 13.1. The highest BCUT2D eigenvalue weighted by Crippen LogP contribution is 2.25. The van der Waals surface area contributed by atoms with Gasteiger partial charge < -0.3 is 14.8 Å². The number of esters is 1. The van der Waals surface area contributed by atoms with Crippen molar-refractivity contribution in [1.29, 1.82) is 0 Å². The molecule has 2 aromatic carbocycles. The molecule has 0 spiro atoms. The minimum absolute atomic E-state index is 0.297. The Morgan fingerprint density at radius 3 is 2.58 bits per heavy atom. The summed E-state index contributed by atoms with van der Waals surface area (Å²) in [5.74, 6) is -0.577. The molecule has 0 aliphatic heterocycles. The number of benzene rings is 2. The molecule has 1 N–H and O–H groups in total. The van der Waals surface area contributed by atoms with Crippen LogP contribution in [0.1, 0.15) is 15.9 Å². The zero-order valence-corrected chi connectivity index (χ0v) is 14.6. The van der Waals surface area contributed by atoms with E-state index < -0.39 is 18.5 Å². The average molecular weight is 368 g/mol. The second kappa shape index (κ2) is 8.04. The predicted molar refractivity (Wildman–Crippen MR) is 93.1 cm³/mol. The van der Waals surface area contributed by atoms with Crippen molar-refractivity contribution < 1.29 is 19.1 Å². The van der Waals surface area contributed by atoms with E-state index >= 15 is 0 Å². The summed E-state index contributed by atoms with van der Waals surface area (Å²) in [5, 5.41) is 3.30. The summed E-state index contributed by atoms with van der Waals surface area (Å²) in [4.78, 5) is 23.9. The molecule has 0 saturated carbocycles. The largest absolute Gasteiger partial charge is 0.496 e. The Morgan fingerprint density at radius 1 is 1.12 bits per heavy atom. The summed E-state index contributed by atoms with van der Waals surface area (Å²) in [6, 6.07) is 9.57. The molecule has 1 amide bonds. The van der Waals surface area contributed by atoms with Gasteiger partial charge in [-0.1, -0.05) is 29.3 Å². The lowest BCUT2D eigenvalue weighted by molar-refractivity contribution is -0.119. The molecule has 0 radical (unpaired) electrons. The van der Waals surface area contributed by atoms with Gasteiger partial charge in [0.25, 0.3) is 5.91 Å². The maximum absolute atomic E-state index is 12.0. The topological polar surface area (TPSA) is 64.6 Å². The van der Waals surface area contributed by atoms with Gasteiger partial charge in [-0.3, -0.25) is 4.79 Å². The van der Waals surface area contributed by atoms with Gasteiger partial charge in [-0.25, -0.2) is 4.79 Å². The van der Waals surface area contributed by atoms with E-state index in [1.165, 1.54) is 13.2 Å². The molecule has 0 atom stereocenters. The SMILES string of the molecule is COc1cc(C(=O)OCC(=O)Nc2cc(Cl)ccc2Cl)ccc1C. The Bertz CT molecular complexity index is 777. The molecule has 0 bridgehead atoms. The maximum Gasteiger partial charge on any atom is 0.338 e. The van der Waals surface area contributed by atoms with Crippen molar-refractivity contribution in [2.45, 2.75) is 6.92 Å². The van der Waals surface area contributed by atoms with Gasteiger partial charge in [0.2, 0.25) is 0 Å². The van der Waals surface area contributed by atoms with E-state index in [-0.39, 0.29) is 0 Å². The van der Waals surface area contributed by atoms with Gasteiger partial charge in [-0.15, -0.1) is 0 Å². The molecule has 24 heavy (non-hydrogen) atoms. The van der Waals surface area contributed by atoms with Crippen LogP contribution >= 0.6 is 23.2 Å². The van der Waals surface area contributed by atoms with Crippen molar-refractivity contribution in [2.75, 3.05) is 19.0 Å². The van der Waals surface area contributed by atoms with Gasteiger partial charge in [0.15, 0.2) is 6.61 Å². The number of methoxy groups -OCH3 is 1. The smallest absolute Gasteiger partial charge is 0.338 e. The minimum atomic E-state index is -0.624. The molecule has 126 valence electrons. The number of nitrogens with one attached hydrogen (secondary N) is 1. The molecule has 2 aromatic rings. The second-order valence-electron chi connectivity index (χ2n) is 4.93. The predicted octanol–water partition coefficient (Wildman–Crippen LogP) is 4.11. The van der Waals surface area contributed by atoms with Crippen LogP contribution in [0.15, 0.2) is 36.4 Å². The lowest BCUT2D eigenvalue weighted by Gasteiger charge is -2.09. The fourth-order valence-corrected chi connectivity index (χ4v) is 2.28. The summed E-state index contributed by atoms with van der Waals surface area (Å²) in [7, 11) is 1.51. The van der Waals surface area contributed by atoms with E-state index in [2.05, 4.69) is 5.32 Å². The van der Waals surface area contributed by atoms with E-state index in [1.54, 1.807) is 30.3 Å². The first-order valence-electron chi connectivity index (χ1n) is 6.97. The van der Waals surface area contributed by atoms with Crippen molar-refractivity contribution in [3.63, 3.8) is 0 Å². The van der Waals surface area contributed by atoms with Crippen LogP contribution in [0.2, 0.25) is 10.0 Å². The van der Waals surface area contributed by atoms with E-state index in [1.807, 2.05) is 6.92 Å². The lowest BCUT2D eigenvalue weighted by Crippen LogP contribution is -2.21. The van der Waals surface area contributed by atoms with Crippen molar-refractivity contribution >= 4 is 40.8 Å². The quantitative estimate of drug-likeness (QED) is 0.807. The minimum Gasteiger partial charge on any atom is -0.496 e. The van der Waals surface area contributed by atoms with Crippen LogP contribution in [0.25, 0.3) is 0 Å². The Hall–Kier alpha value is -2.24. The highest BCUT2D eigenvalue weighted by molar-refractivity contribution is 6.35. The van der Waals surface area contributed by atoms with Crippen molar-refractivity contribution in [3.8, 4) is 5.75 Å². The molecule has 5 nitrogen and oxygen atoms in total. The number of hydrogen-bond acceptors (Lipinski definition) is 4. The number of carbonyl (C=O) groups excluding carboxylic acids is 2. The fraction of sp³-hybridized carbons (Fsp3) is 0.176. The van der Waals surface area contributed by atoms with E-state index in [4.69, 9.17) is 32.7 Å². The Balaban J connectivity index is 1.96. The number of aryl methyl sites for hydroxylation is 1. The molecular formula is C17H15Cl2NO4. The fourth-order valence-electron chi connectivity index (χ4n) is 1.94. The van der Waals surface area contributed by atoms with Crippen LogP contribution in [-0.2, 0) is 9.53 Å². The van der Waals surface area contributed by atoms with Gasteiger partial charge >= 0.3 is 5.97 Å². The summed E-state index contributed by atoms with van der Waals surface area (Å²) in [5.41, 5.74) is 1.54. The van der Waals surface area contributed by atoms with Crippen LogP contribution in [0, 0.1) is 6.92 Å². The van der Waals surface area contributed by atoms with Gasteiger partial charge in [-0.2, -0.15) is 0 Å². The molecule has 0 aliphatic carbocycles. The Morgan fingerprint density at radius 2 is 1.88 bits per heavy atom. The summed E-state index contributed by atoms with van der Waals surface area (Å²) in [6.07, 6.45) is 0. The Kier molecular flexibility index (Phi) is 6.06. The molecular weight excluding hydrogens is 353 g/mol. The monoisotopic (exact) mass is 367 g/mol. The van der Waals surface area contributed by atoms with Crippen LogP contribution in [-0.4, -0.2) is 25.6 Å². The third-order valence-electron chi connectivity index (χ3n) is 3.18. The maximum atomic E-state index is 12.0. The summed E-state index contributed by atoms with van der Waals surface area (Å²) >= 11 is 11.8. The second-order valence-corrected chi connectivity index (χ2v) is 5.78. The number of amides is 1. The van der Waals surface area contributed by atoms with Crippen LogP contribution in [0.4, 0.5) is 5.69 Å². The van der Waals surface area contributed by atoms with E-state index in [9.17, 15) is 9.59 Å². The number of halogens is 2. The van der Waals surface area contributed by atoms with Gasteiger partial charge in [0.05, 0.1) is 23.4 Å². The van der Waals surface area contributed by atoms with Crippen molar-refractivity contribution in [2.24, 2.45) is 0 Å². The van der Waals surface area contributed by atoms with Gasteiger partial charge in [0, 0.05) is 5.02 Å². The Labute approximate surface area is 149 Å². The first kappa shape index (κ1) is 18.1. The highest BCUT2D eigenvalue weighted by Gasteiger charge is 2.13.